The highest BCUT2D eigenvalue weighted by Crippen LogP contribution is 2.34. The second kappa shape index (κ2) is 5.99. The molecule has 1 fully saturated rings. The molecule has 0 bridgehead atoms. The molecule has 1 aliphatic rings. The molecule has 2 aromatic rings. The van der Waals surface area contributed by atoms with Gasteiger partial charge in [-0.3, -0.25) is 9.69 Å². The summed E-state index contributed by atoms with van der Waals surface area (Å²) in [7, 11) is 1.58. The summed E-state index contributed by atoms with van der Waals surface area (Å²) in [5.41, 5.74) is 0.354. The molecule has 0 saturated carbocycles. The third-order valence-corrected chi connectivity index (χ3v) is 4.28. The van der Waals surface area contributed by atoms with Crippen LogP contribution in [0.15, 0.2) is 34.9 Å². The molecule has 0 aliphatic carbocycles. The van der Waals surface area contributed by atoms with Crippen molar-refractivity contribution in [3.8, 4) is 5.75 Å². The lowest BCUT2D eigenvalue weighted by Crippen LogP contribution is -2.43. The molecular weight excluding hydrogens is 310 g/mol. The maximum absolute atomic E-state index is 13.0. The second-order valence-electron chi connectivity index (χ2n) is 5.74. The van der Waals surface area contributed by atoms with Crippen LogP contribution in [0, 0.1) is 6.92 Å². The zero-order valence-electron chi connectivity index (χ0n) is 13.8. The van der Waals surface area contributed by atoms with Crippen LogP contribution in [0.3, 0.4) is 0 Å². The van der Waals surface area contributed by atoms with Gasteiger partial charge in [0.1, 0.15) is 11.3 Å². The van der Waals surface area contributed by atoms with E-state index < -0.39 is 11.6 Å². The van der Waals surface area contributed by atoms with Crippen LogP contribution in [0.1, 0.15) is 30.4 Å². The molecule has 1 aromatic carbocycles. The van der Waals surface area contributed by atoms with E-state index in [1.807, 2.05) is 6.92 Å². The molecule has 7 nitrogen and oxygen atoms in total. The normalized spacial score (nSPS) is 20.4. The number of benzene rings is 1. The minimum absolute atomic E-state index is 0.0589. The van der Waals surface area contributed by atoms with Crippen LogP contribution in [-0.2, 0) is 16.9 Å². The molecule has 126 valence electrons. The van der Waals surface area contributed by atoms with Crippen molar-refractivity contribution in [2.24, 2.45) is 0 Å². The van der Waals surface area contributed by atoms with Gasteiger partial charge in [0, 0.05) is 6.07 Å². The minimum Gasteiger partial charge on any atom is -0.497 e. The lowest BCUT2D eigenvalue weighted by molar-refractivity contribution is -0.132. The molecule has 3 amide bonds. The van der Waals surface area contributed by atoms with E-state index in [0.29, 0.717) is 23.6 Å². The van der Waals surface area contributed by atoms with Gasteiger partial charge in [0.05, 0.1) is 19.3 Å². The van der Waals surface area contributed by atoms with Crippen molar-refractivity contribution in [2.75, 3.05) is 7.11 Å². The lowest BCUT2D eigenvalue weighted by atomic mass is 9.87. The number of aromatic nitrogens is 1. The Morgan fingerprint density at radius 1 is 1.29 bits per heavy atom. The summed E-state index contributed by atoms with van der Waals surface area (Å²) >= 11 is 0. The van der Waals surface area contributed by atoms with Crippen molar-refractivity contribution >= 4 is 11.9 Å². The van der Waals surface area contributed by atoms with Gasteiger partial charge in [0.25, 0.3) is 5.91 Å². The number of amides is 3. The number of nitrogens with one attached hydrogen (secondary N) is 1. The van der Waals surface area contributed by atoms with E-state index in [2.05, 4.69) is 10.5 Å². The monoisotopic (exact) mass is 329 g/mol. The third-order valence-electron chi connectivity index (χ3n) is 4.28. The lowest BCUT2D eigenvalue weighted by Gasteiger charge is -2.25. The Kier molecular flexibility index (Phi) is 4.01. The first-order chi connectivity index (χ1) is 11.5. The molecule has 1 saturated heterocycles. The smallest absolute Gasteiger partial charge is 0.325 e. The van der Waals surface area contributed by atoms with E-state index in [4.69, 9.17) is 9.26 Å². The summed E-state index contributed by atoms with van der Waals surface area (Å²) < 4.78 is 10.3. The third kappa shape index (κ3) is 2.51. The van der Waals surface area contributed by atoms with E-state index >= 15 is 0 Å². The average Bonchev–Trinajstić information content (AvgIpc) is 3.11. The zero-order chi connectivity index (χ0) is 17.3. The van der Waals surface area contributed by atoms with Crippen LogP contribution in [0.4, 0.5) is 4.79 Å². The number of hydrogen-bond donors (Lipinski definition) is 1. The van der Waals surface area contributed by atoms with Gasteiger partial charge in [0.2, 0.25) is 0 Å². The minimum atomic E-state index is -1.07. The Hall–Kier alpha value is -2.83. The standard InChI is InChI=1S/C17H19N3O4/c1-4-17(12-5-7-13(23-3)8-6-12)15(21)20(16(22)18-17)10-14-9-11(2)19-24-14/h5-9H,4,10H2,1-3H3,(H,18,22)/t17-/m1/s1. The summed E-state index contributed by atoms with van der Waals surface area (Å²) in [6.07, 6.45) is 0.440. The number of hydrogen-bond acceptors (Lipinski definition) is 5. The first-order valence-electron chi connectivity index (χ1n) is 7.71. The van der Waals surface area contributed by atoms with Crippen molar-refractivity contribution in [1.29, 1.82) is 0 Å². The largest absolute Gasteiger partial charge is 0.497 e. The summed E-state index contributed by atoms with van der Waals surface area (Å²) in [5.74, 6) is 0.864. The number of imide groups is 1. The number of carbonyl (C=O) groups is 2. The second-order valence-corrected chi connectivity index (χ2v) is 5.74. The summed E-state index contributed by atoms with van der Waals surface area (Å²) in [4.78, 5) is 26.5. The van der Waals surface area contributed by atoms with Crippen LogP contribution < -0.4 is 10.1 Å². The Bertz CT molecular complexity index is 768. The van der Waals surface area contributed by atoms with Gasteiger partial charge >= 0.3 is 6.03 Å². The topological polar surface area (TPSA) is 84.7 Å². The van der Waals surface area contributed by atoms with E-state index in [0.717, 1.165) is 10.5 Å². The van der Waals surface area contributed by atoms with Crippen LogP contribution in [0.25, 0.3) is 0 Å². The average molecular weight is 329 g/mol. The number of aryl methyl sites for hydroxylation is 1. The molecule has 24 heavy (non-hydrogen) atoms. The van der Waals surface area contributed by atoms with Crippen molar-refractivity contribution in [3.05, 3.63) is 47.3 Å². The predicted molar refractivity (Wildman–Crippen MR) is 85.3 cm³/mol. The number of ether oxygens (including phenoxy) is 1. The molecule has 0 unspecified atom stereocenters. The summed E-state index contributed by atoms with van der Waals surface area (Å²) in [5, 5.41) is 6.62. The molecule has 1 aromatic heterocycles. The highest BCUT2D eigenvalue weighted by atomic mass is 16.5. The molecule has 1 aliphatic heterocycles. The summed E-state index contributed by atoms with van der Waals surface area (Å²) in [6, 6.07) is 8.40. The van der Waals surface area contributed by atoms with E-state index in [1.165, 1.54) is 0 Å². The maximum Gasteiger partial charge on any atom is 0.325 e. The van der Waals surface area contributed by atoms with Crippen LogP contribution in [-0.4, -0.2) is 29.1 Å². The number of rotatable bonds is 5. The zero-order valence-corrected chi connectivity index (χ0v) is 13.8. The van der Waals surface area contributed by atoms with Gasteiger partial charge in [-0.05, 0) is 31.0 Å². The first kappa shape index (κ1) is 16.0. The van der Waals surface area contributed by atoms with Gasteiger partial charge in [-0.25, -0.2) is 4.79 Å². The van der Waals surface area contributed by atoms with Crippen LogP contribution >= 0.6 is 0 Å². The molecule has 1 atom stereocenters. The van der Waals surface area contributed by atoms with Crippen molar-refractivity contribution in [3.63, 3.8) is 0 Å². The van der Waals surface area contributed by atoms with Gasteiger partial charge in [-0.15, -0.1) is 0 Å². The molecule has 7 heteroatoms. The van der Waals surface area contributed by atoms with Crippen LogP contribution in [0.2, 0.25) is 0 Å². The quantitative estimate of drug-likeness (QED) is 0.851. The summed E-state index contributed by atoms with van der Waals surface area (Å²) in [6.45, 7) is 3.71. The molecule has 0 spiro atoms. The fourth-order valence-corrected chi connectivity index (χ4v) is 2.93. The van der Waals surface area contributed by atoms with Gasteiger partial charge in [-0.1, -0.05) is 24.2 Å². The Morgan fingerprint density at radius 2 is 2.00 bits per heavy atom. The van der Waals surface area contributed by atoms with Crippen molar-refractivity contribution in [2.45, 2.75) is 32.4 Å². The first-order valence-corrected chi connectivity index (χ1v) is 7.71. The van der Waals surface area contributed by atoms with E-state index in [9.17, 15) is 9.59 Å². The Balaban J connectivity index is 1.91. The van der Waals surface area contributed by atoms with Gasteiger partial charge in [0.15, 0.2) is 5.76 Å². The predicted octanol–water partition coefficient (Wildman–Crippen LogP) is 2.35. The maximum atomic E-state index is 13.0. The SMILES string of the molecule is CC[C@]1(c2ccc(OC)cc2)NC(=O)N(Cc2cc(C)no2)C1=O. The van der Waals surface area contributed by atoms with Crippen molar-refractivity contribution in [1.82, 2.24) is 15.4 Å². The number of nitrogens with zero attached hydrogens (tertiary/aromatic N) is 2. The van der Waals surface area contributed by atoms with E-state index in [-0.39, 0.29) is 12.5 Å². The molecule has 3 rings (SSSR count). The van der Waals surface area contributed by atoms with Crippen LogP contribution in [0.5, 0.6) is 5.75 Å². The van der Waals surface area contributed by atoms with E-state index in [1.54, 1.807) is 44.4 Å². The molecule has 1 N–H and O–H groups in total. The fraction of sp³-hybridized carbons (Fsp3) is 0.353. The molecular formula is C17H19N3O4. The molecule has 2 heterocycles. The van der Waals surface area contributed by atoms with Gasteiger partial charge < -0.3 is 14.6 Å². The van der Waals surface area contributed by atoms with Gasteiger partial charge in [-0.2, -0.15) is 0 Å². The highest BCUT2D eigenvalue weighted by Gasteiger charge is 2.51. The highest BCUT2D eigenvalue weighted by molar-refractivity contribution is 6.07. The Labute approximate surface area is 139 Å². The molecule has 0 radical (unpaired) electrons. The fourth-order valence-electron chi connectivity index (χ4n) is 2.93. The number of carbonyl (C=O) groups excluding carboxylic acids is 2. The number of urea groups is 1. The Morgan fingerprint density at radius 3 is 2.54 bits per heavy atom. The number of methoxy groups -OCH3 is 1. The van der Waals surface area contributed by atoms with Crippen molar-refractivity contribution < 1.29 is 18.8 Å².